The van der Waals surface area contributed by atoms with Gasteiger partial charge in [0.25, 0.3) is 11.5 Å². The number of carbonyl (C=O) groups is 1. The van der Waals surface area contributed by atoms with Crippen LogP contribution in [0.5, 0.6) is 0 Å². The van der Waals surface area contributed by atoms with E-state index in [2.05, 4.69) is 17.2 Å². The number of carbonyl (C=O) groups excluding carboxylic acids is 1. The molecule has 0 spiro atoms. The molecular weight excluding hydrogens is 416 g/mol. The Morgan fingerprint density at radius 2 is 1.93 bits per heavy atom. The molecule has 6 nitrogen and oxygen atoms in total. The van der Waals surface area contributed by atoms with E-state index in [1.165, 1.54) is 35.4 Å². The van der Waals surface area contributed by atoms with Gasteiger partial charge < -0.3 is 5.32 Å². The maximum atomic E-state index is 13.1. The minimum Gasteiger partial charge on any atom is -0.369 e. The first-order valence-corrected chi connectivity index (χ1v) is 11.8. The number of unbranched alkanes of at least 4 members (excludes halogenated alkanes) is 4. The lowest BCUT2D eigenvalue weighted by Gasteiger charge is -2.14. The first-order valence-electron chi connectivity index (χ1n) is 10.6. The Balaban J connectivity index is 1.88. The molecular formula is C22H28N4O2S2. The third-order valence-electron chi connectivity index (χ3n) is 4.95. The predicted molar refractivity (Wildman–Crippen MR) is 129 cm³/mol. The second-order valence-electron chi connectivity index (χ2n) is 7.28. The lowest BCUT2D eigenvalue weighted by Crippen LogP contribution is -2.29. The fourth-order valence-corrected chi connectivity index (χ4v) is 4.60. The standard InChI is InChI=1S/C22H28N4O2S2/c1-3-5-6-7-9-14-26-21(28)17(30-22(26)29)15-16-19(23-12-4-2)24-18-11-8-10-13-25(18)20(16)27/h8,10-11,13,15,23H,3-7,9,12,14H2,1-2H3/b17-15+. The normalized spacial score (nSPS) is 15.5. The Labute approximate surface area is 186 Å². The number of rotatable bonds is 10. The number of fused-ring (bicyclic) bond motifs is 1. The largest absolute Gasteiger partial charge is 0.369 e. The van der Waals surface area contributed by atoms with Crippen molar-refractivity contribution in [2.75, 3.05) is 18.4 Å². The van der Waals surface area contributed by atoms with Crippen molar-refractivity contribution < 1.29 is 4.79 Å². The molecule has 160 valence electrons. The Hall–Kier alpha value is -2.19. The molecule has 3 rings (SSSR count). The molecule has 0 radical (unpaired) electrons. The summed E-state index contributed by atoms with van der Waals surface area (Å²) >= 11 is 6.69. The van der Waals surface area contributed by atoms with Crippen LogP contribution in [0.15, 0.2) is 34.1 Å². The summed E-state index contributed by atoms with van der Waals surface area (Å²) in [5.41, 5.74) is 0.748. The molecule has 2 aromatic rings. The molecule has 0 bridgehead atoms. The van der Waals surface area contributed by atoms with Gasteiger partial charge in [0, 0.05) is 19.3 Å². The summed E-state index contributed by atoms with van der Waals surface area (Å²) in [5, 5.41) is 3.22. The predicted octanol–water partition coefficient (Wildman–Crippen LogP) is 4.69. The topological polar surface area (TPSA) is 66.7 Å². The maximum Gasteiger partial charge on any atom is 0.267 e. The number of amides is 1. The minimum atomic E-state index is -0.205. The van der Waals surface area contributed by atoms with Crippen LogP contribution >= 0.6 is 24.0 Å². The first-order chi connectivity index (χ1) is 14.6. The van der Waals surface area contributed by atoms with Gasteiger partial charge in [-0.1, -0.05) is 69.6 Å². The van der Waals surface area contributed by atoms with Crippen LogP contribution in [0.3, 0.4) is 0 Å². The van der Waals surface area contributed by atoms with Gasteiger partial charge in [-0.15, -0.1) is 0 Å². The highest BCUT2D eigenvalue weighted by Crippen LogP contribution is 2.33. The lowest BCUT2D eigenvalue weighted by molar-refractivity contribution is -0.122. The molecule has 1 fully saturated rings. The molecule has 1 N–H and O–H groups in total. The zero-order valence-electron chi connectivity index (χ0n) is 17.5. The zero-order valence-corrected chi connectivity index (χ0v) is 19.2. The fourth-order valence-electron chi connectivity index (χ4n) is 3.31. The molecule has 0 atom stereocenters. The summed E-state index contributed by atoms with van der Waals surface area (Å²) in [6, 6.07) is 5.42. The smallest absolute Gasteiger partial charge is 0.267 e. The van der Waals surface area contributed by atoms with Crippen LogP contribution in [0.25, 0.3) is 11.7 Å². The van der Waals surface area contributed by atoms with Crippen molar-refractivity contribution >= 4 is 51.7 Å². The summed E-state index contributed by atoms with van der Waals surface area (Å²) in [7, 11) is 0. The molecule has 1 aliphatic heterocycles. The van der Waals surface area contributed by atoms with E-state index in [0.29, 0.717) is 39.3 Å². The van der Waals surface area contributed by atoms with E-state index in [1.54, 1.807) is 29.3 Å². The van der Waals surface area contributed by atoms with Crippen molar-refractivity contribution in [3.63, 3.8) is 0 Å². The molecule has 3 heterocycles. The van der Waals surface area contributed by atoms with Crippen LogP contribution in [-0.2, 0) is 4.79 Å². The highest BCUT2D eigenvalue weighted by molar-refractivity contribution is 8.26. The first kappa shape index (κ1) is 22.5. The van der Waals surface area contributed by atoms with Crippen molar-refractivity contribution in [1.29, 1.82) is 0 Å². The zero-order chi connectivity index (χ0) is 21.5. The SMILES string of the molecule is CCCCCCCN1C(=O)/C(=C\c2c(NCCC)nc3ccccn3c2=O)SC1=S. The van der Waals surface area contributed by atoms with Crippen LogP contribution in [-0.4, -0.2) is 37.6 Å². The van der Waals surface area contributed by atoms with Gasteiger partial charge in [-0.2, -0.15) is 0 Å². The summed E-state index contributed by atoms with van der Waals surface area (Å²) in [4.78, 5) is 32.8. The third kappa shape index (κ3) is 5.10. The number of thioether (sulfide) groups is 1. The monoisotopic (exact) mass is 444 g/mol. The van der Waals surface area contributed by atoms with Gasteiger partial charge >= 0.3 is 0 Å². The Bertz CT molecular complexity index is 1020. The summed E-state index contributed by atoms with van der Waals surface area (Å²) in [5.74, 6) is 0.373. The van der Waals surface area contributed by atoms with E-state index in [9.17, 15) is 9.59 Å². The number of nitrogens with zero attached hydrogens (tertiary/aromatic N) is 3. The number of pyridine rings is 1. The molecule has 2 aromatic heterocycles. The fraction of sp³-hybridized carbons (Fsp3) is 0.455. The number of nitrogens with one attached hydrogen (secondary N) is 1. The van der Waals surface area contributed by atoms with Crippen molar-refractivity contribution in [3.05, 3.63) is 45.2 Å². The van der Waals surface area contributed by atoms with Gasteiger partial charge in [0.1, 0.15) is 15.8 Å². The van der Waals surface area contributed by atoms with Crippen LogP contribution in [0.1, 0.15) is 57.9 Å². The van der Waals surface area contributed by atoms with Crippen molar-refractivity contribution in [3.8, 4) is 0 Å². The van der Waals surface area contributed by atoms with Crippen LogP contribution in [0, 0.1) is 0 Å². The number of anilines is 1. The maximum absolute atomic E-state index is 13.1. The van der Waals surface area contributed by atoms with E-state index in [4.69, 9.17) is 12.2 Å². The Kier molecular flexibility index (Phi) is 8.04. The van der Waals surface area contributed by atoms with Gasteiger partial charge in [-0.25, -0.2) is 4.98 Å². The van der Waals surface area contributed by atoms with Crippen LogP contribution in [0.2, 0.25) is 0 Å². The third-order valence-corrected chi connectivity index (χ3v) is 6.32. The van der Waals surface area contributed by atoms with Crippen molar-refractivity contribution in [2.24, 2.45) is 0 Å². The quantitative estimate of drug-likeness (QED) is 0.326. The number of aromatic nitrogens is 2. The number of hydrogen-bond donors (Lipinski definition) is 1. The van der Waals surface area contributed by atoms with Crippen LogP contribution in [0.4, 0.5) is 5.82 Å². The minimum absolute atomic E-state index is 0.125. The highest BCUT2D eigenvalue weighted by atomic mass is 32.2. The van der Waals surface area contributed by atoms with Gasteiger partial charge in [-0.3, -0.25) is 18.9 Å². The molecule has 8 heteroatoms. The van der Waals surface area contributed by atoms with Gasteiger partial charge in [0.05, 0.1) is 10.5 Å². The molecule has 0 aromatic carbocycles. The summed E-state index contributed by atoms with van der Waals surface area (Å²) in [6.07, 6.45) is 9.82. The Morgan fingerprint density at radius 1 is 1.13 bits per heavy atom. The molecule has 1 amide bonds. The van der Waals surface area contributed by atoms with Gasteiger partial charge in [0.15, 0.2) is 0 Å². The van der Waals surface area contributed by atoms with Crippen molar-refractivity contribution in [1.82, 2.24) is 14.3 Å². The van der Waals surface area contributed by atoms with E-state index < -0.39 is 0 Å². The molecule has 0 saturated carbocycles. The molecule has 0 aliphatic carbocycles. The van der Waals surface area contributed by atoms with Gasteiger partial charge in [0.2, 0.25) is 0 Å². The number of hydrogen-bond acceptors (Lipinski definition) is 6. The van der Waals surface area contributed by atoms with E-state index in [0.717, 1.165) is 19.3 Å². The van der Waals surface area contributed by atoms with Crippen molar-refractivity contribution in [2.45, 2.75) is 52.4 Å². The number of thiocarbonyl (C=S) groups is 1. The second-order valence-corrected chi connectivity index (χ2v) is 8.96. The average Bonchev–Trinajstić information content (AvgIpc) is 3.01. The average molecular weight is 445 g/mol. The molecule has 1 aliphatic rings. The second kappa shape index (κ2) is 10.7. The summed E-state index contributed by atoms with van der Waals surface area (Å²) < 4.78 is 2.05. The van der Waals surface area contributed by atoms with E-state index in [-0.39, 0.29) is 11.5 Å². The highest BCUT2D eigenvalue weighted by Gasteiger charge is 2.32. The summed E-state index contributed by atoms with van der Waals surface area (Å²) in [6.45, 7) is 5.55. The molecule has 0 unspecified atom stereocenters. The molecule has 30 heavy (non-hydrogen) atoms. The van der Waals surface area contributed by atoms with Crippen LogP contribution < -0.4 is 10.9 Å². The molecule has 1 saturated heterocycles. The lowest BCUT2D eigenvalue weighted by atomic mass is 10.1. The Morgan fingerprint density at radius 3 is 2.70 bits per heavy atom. The van der Waals surface area contributed by atoms with E-state index in [1.807, 2.05) is 13.0 Å². The van der Waals surface area contributed by atoms with Gasteiger partial charge in [-0.05, 0) is 31.1 Å². The van der Waals surface area contributed by atoms with E-state index >= 15 is 0 Å².